The molecule has 0 bridgehead atoms. The summed E-state index contributed by atoms with van der Waals surface area (Å²) in [5, 5.41) is 0. The molecular weight excluding hydrogens is 332 g/mol. The summed E-state index contributed by atoms with van der Waals surface area (Å²) in [4.78, 5) is 0. The van der Waals surface area contributed by atoms with Gasteiger partial charge in [-0.2, -0.15) is 0 Å². The van der Waals surface area contributed by atoms with E-state index in [1.54, 1.807) is 0 Å². The van der Waals surface area contributed by atoms with Crippen LogP contribution in [0.3, 0.4) is 0 Å². The molecule has 0 radical (unpaired) electrons. The minimum atomic E-state index is -1.50. The lowest BCUT2D eigenvalue weighted by molar-refractivity contribution is 0.191. The molecule has 20 heavy (non-hydrogen) atoms. The van der Waals surface area contributed by atoms with Gasteiger partial charge >= 0.3 is 9.28 Å². The van der Waals surface area contributed by atoms with Crippen molar-refractivity contribution in [3.63, 3.8) is 0 Å². The standard InChI is InChI=1S/C16H27BrO2Si/c1-3-5-11-18-20(19-12-6-4-2)13-10-15-8-7-9-16(17)14-15/h7-9,14,20H,3-6,10-13H2,1-2H3. The third-order valence-corrected chi connectivity index (χ3v) is 5.63. The molecule has 0 aliphatic heterocycles. The highest BCUT2D eigenvalue weighted by Crippen LogP contribution is 2.14. The number of benzene rings is 1. The zero-order valence-electron chi connectivity index (χ0n) is 12.7. The Kier molecular flexibility index (Phi) is 10.3. The van der Waals surface area contributed by atoms with Gasteiger partial charge in [0.25, 0.3) is 0 Å². The quantitative estimate of drug-likeness (QED) is 0.416. The smallest absolute Gasteiger partial charge is 0.321 e. The second-order valence-electron chi connectivity index (χ2n) is 5.05. The summed E-state index contributed by atoms with van der Waals surface area (Å²) < 4.78 is 13.1. The Morgan fingerprint density at radius 2 is 1.70 bits per heavy atom. The topological polar surface area (TPSA) is 18.5 Å². The maximum absolute atomic E-state index is 5.99. The molecule has 0 aliphatic rings. The van der Waals surface area contributed by atoms with E-state index in [9.17, 15) is 0 Å². The Balaban J connectivity index is 2.37. The summed E-state index contributed by atoms with van der Waals surface area (Å²) in [6.07, 6.45) is 5.69. The van der Waals surface area contributed by atoms with Gasteiger partial charge in [0.05, 0.1) is 0 Å². The van der Waals surface area contributed by atoms with Crippen LogP contribution in [0.15, 0.2) is 28.7 Å². The average molecular weight is 359 g/mol. The molecule has 0 amide bonds. The summed E-state index contributed by atoms with van der Waals surface area (Å²) in [6.45, 7) is 6.11. The molecule has 1 rings (SSSR count). The molecule has 4 heteroatoms. The van der Waals surface area contributed by atoms with Crippen LogP contribution in [0.5, 0.6) is 0 Å². The summed E-state index contributed by atoms with van der Waals surface area (Å²) >= 11 is 3.52. The van der Waals surface area contributed by atoms with E-state index >= 15 is 0 Å². The first-order valence-corrected chi connectivity index (χ1v) is 10.3. The van der Waals surface area contributed by atoms with Gasteiger partial charge in [-0.15, -0.1) is 0 Å². The van der Waals surface area contributed by atoms with E-state index in [2.05, 4.69) is 54.0 Å². The van der Waals surface area contributed by atoms with Gasteiger partial charge in [-0.25, -0.2) is 0 Å². The highest BCUT2D eigenvalue weighted by molar-refractivity contribution is 9.10. The largest absolute Gasteiger partial charge is 0.397 e. The first-order valence-electron chi connectivity index (χ1n) is 7.74. The number of hydrogen-bond donors (Lipinski definition) is 0. The molecular formula is C16H27BrO2Si. The highest BCUT2D eigenvalue weighted by atomic mass is 79.9. The van der Waals surface area contributed by atoms with Crippen LogP contribution in [0, 0.1) is 0 Å². The zero-order chi connectivity index (χ0) is 14.6. The molecule has 0 saturated heterocycles. The van der Waals surface area contributed by atoms with Gasteiger partial charge < -0.3 is 8.85 Å². The van der Waals surface area contributed by atoms with E-state index in [1.165, 1.54) is 18.4 Å². The lowest BCUT2D eigenvalue weighted by atomic mass is 10.2. The van der Waals surface area contributed by atoms with Crippen molar-refractivity contribution in [2.45, 2.75) is 52.0 Å². The number of rotatable bonds is 11. The van der Waals surface area contributed by atoms with Gasteiger partial charge in [0.2, 0.25) is 0 Å². The molecule has 0 atom stereocenters. The van der Waals surface area contributed by atoms with Crippen LogP contribution in [0.25, 0.3) is 0 Å². The minimum absolute atomic E-state index is 0.859. The SMILES string of the molecule is CCCCO[SiH](CCc1cccc(Br)c1)OCCCC. The van der Waals surface area contributed by atoms with Crippen LogP contribution in [-0.2, 0) is 15.3 Å². The van der Waals surface area contributed by atoms with Crippen molar-refractivity contribution >= 4 is 25.2 Å². The van der Waals surface area contributed by atoms with E-state index in [-0.39, 0.29) is 0 Å². The Hall–Kier alpha value is -0.163. The summed E-state index contributed by atoms with van der Waals surface area (Å²) in [5.74, 6) is 0. The molecule has 0 spiro atoms. The molecule has 0 fully saturated rings. The van der Waals surface area contributed by atoms with Gasteiger partial charge in [0.15, 0.2) is 0 Å². The third-order valence-electron chi connectivity index (χ3n) is 3.16. The van der Waals surface area contributed by atoms with E-state index in [1.807, 2.05) is 0 Å². The predicted molar refractivity (Wildman–Crippen MR) is 91.5 cm³/mol. The number of hydrogen-bond acceptors (Lipinski definition) is 2. The Morgan fingerprint density at radius 3 is 2.25 bits per heavy atom. The fourth-order valence-electron chi connectivity index (χ4n) is 1.91. The van der Waals surface area contributed by atoms with E-state index in [0.29, 0.717) is 0 Å². The maximum Gasteiger partial charge on any atom is 0.321 e. The maximum atomic E-state index is 5.99. The summed E-state index contributed by atoms with van der Waals surface area (Å²) in [5.41, 5.74) is 1.36. The normalized spacial score (nSPS) is 11.2. The second kappa shape index (κ2) is 11.5. The van der Waals surface area contributed by atoms with Crippen LogP contribution in [0.1, 0.15) is 45.1 Å². The van der Waals surface area contributed by atoms with Crippen molar-refractivity contribution in [1.29, 1.82) is 0 Å². The van der Waals surface area contributed by atoms with Gasteiger partial charge in [0, 0.05) is 17.7 Å². The predicted octanol–water partition coefficient (Wildman–Crippen LogP) is 4.85. The monoisotopic (exact) mass is 358 g/mol. The molecule has 0 aliphatic carbocycles. The average Bonchev–Trinajstić information content (AvgIpc) is 2.44. The lowest BCUT2D eigenvalue weighted by Gasteiger charge is -2.16. The van der Waals surface area contributed by atoms with Gasteiger partial charge in [-0.1, -0.05) is 54.8 Å². The van der Waals surface area contributed by atoms with Crippen molar-refractivity contribution < 1.29 is 8.85 Å². The van der Waals surface area contributed by atoms with E-state index < -0.39 is 9.28 Å². The van der Waals surface area contributed by atoms with Crippen LogP contribution in [0.2, 0.25) is 6.04 Å². The molecule has 2 nitrogen and oxygen atoms in total. The molecule has 1 aromatic rings. The van der Waals surface area contributed by atoms with Crippen molar-refractivity contribution in [2.75, 3.05) is 13.2 Å². The molecule has 0 N–H and O–H groups in total. The fourth-order valence-corrected chi connectivity index (χ4v) is 4.21. The second-order valence-corrected chi connectivity index (χ2v) is 8.07. The molecule has 0 saturated carbocycles. The van der Waals surface area contributed by atoms with Crippen molar-refractivity contribution in [2.24, 2.45) is 0 Å². The van der Waals surface area contributed by atoms with Crippen LogP contribution < -0.4 is 0 Å². The molecule has 0 aromatic heterocycles. The van der Waals surface area contributed by atoms with Crippen LogP contribution in [0.4, 0.5) is 0 Å². The molecule has 0 heterocycles. The number of unbranched alkanes of at least 4 members (excludes halogenated alkanes) is 2. The van der Waals surface area contributed by atoms with E-state index in [0.717, 1.165) is 43.0 Å². The van der Waals surface area contributed by atoms with E-state index in [4.69, 9.17) is 8.85 Å². The van der Waals surface area contributed by atoms with Crippen molar-refractivity contribution in [1.82, 2.24) is 0 Å². The first-order chi connectivity index (χ1) is 9.76. The fraction of sp³-hybridized carbons (Fsp3) is 0.625. The zero-order valence-corrected chi connectivity index (χ0v) is 15.5. The van der Waals surface area contributed by atoms with Crippen molar-refractivity contribution in [3.8, 4) is 0 Å². The Bertz CT molecular complexity index is 350. The van der Waals surface area contributed by atoms with Gasteiger partial charge in [0.1, 0.15) is 0 Å². The molecule has 1 aromatic carbocycles. The van der Waals surface area contributed by atoms with Gasteiger partial charge in [-0.05, 0) is 43.0 Å². The summed E-state index contributed by atoms with van der Waals surface area (Å²) in [7, 11) is -1.50. The summed E-state index contributed by atoms with van der Waals surface area (Å²) in [6, 6.07) is 9.57. The Labute approximate surface area is 133 Å². The molecule has 114 valence electrons. The number of halogens is 1. The van der Waals surface area contributed by atoms with Gasteiger partial charge in [-0.3, -0.25) is 0 Å². The van der Waals surface area contributed by atoms with Crippen molar-refractivity contribution in [3.05, 3.63) is 34.3 Å². The third kappa shape index (κ3) is 8.20. The first kappa shape index (κ1) is 17.9. The lowest BCUT2D eigenvalue weighted by Crippen LogP contribution is -2.24. The van der Waals surface area contributed by atoms with Crippen LogP contribution >= 0.6 is 15.9 Å². The number of aryl methyl sites for hydroxylation is 1. The highest BCUT2D eigenvalue weighted by Gasteiger charge is 2.13. The molecule has 0 unspecified atom stereocenters. The van der Waals surface area contributed by atoms with Crippen LogP contribution in [-0.4, -0.2) is 22.5 Å². The minimum Gasteiger partial charge on any atom is -0.397 e. The Morgan fingerprint density at radius 1 is 1.05 bits per heavy atom.